The van der Waals surface area contributed by atoms with Crippen LogP contribution in [0.5, 0.6) is 0 Å². The SMILES string of the molecule is CCN(CC)CCNC(=O)C(=O)c1ccc(C)cc1. The Morgan fingerprint density at radius 3 is 2.21 bits per heavy atom. The molecule has 4 nitrogen and oxygen atoms in total. The number of carbonyl (C=O) groups is 2. The molecule has 0 aliphatic carbocycles. The Labute approximate surface area is 114 Å². The number of aryl methyl sites for hydroxylation is 1. The first kappa shape index (κ1) is 15.4. The zero-order chi connectivity index (χ0) is 14.3. The molecule has 0 radical (unpaired) electrons. The van der Waals surface area contributed by atoms with E-state index in [1.165, 1.54) is 0 Å². The molecule has 1 N–H and O–H groups in total. The molecule has 0 unspecified atom stereocenters. The number of hydrogen-bond acceptors (Lipinski definition) is 3. The molecule has 19 heavy (non-hydrogen) atoms. The second-order valence-electron chi connectivity index (χ2n) is 4.48. The van der Waals surface area contributed by atoms with Crippen molar-refractivity contribution in [1.29, 1.82) is 0 Å². The number of benzene rings is 1. The van der Waals surface area contributed by atoms with Gasteiger partial charge in [0.25, 0.3) is 5.91 Å². The maximum Gasteiger partial charge on any atom is 0.292 e. The first-order valence-electron chi connectivity index (χ1n) is 6.70. The summed E-state index contributed by atoms with van der Waals surface area (Å²) in [4.78, 5) is 25.7. The van der Waals surface area contributed by atoms with Gasteiger partial charge in [-0.15, -0.1) is 0 Å². The Morgan fingerprint density at radius 2 is 1.68 bits per heavy atom. The molecule has 1 rings (SSSR count). The topological polar surface area (TPSA) is 49.4 Å². The van der Waals surface area contributed by atoms with E-state index in [1.807, 2.05) is 19.1 Å². The summed E-state index contributed by atoms with van der Waals surface area (Å²) >= 11 is 0. The molecule has 0 heterocycles. The number of nitrogens with zero attached hydrogens (tertiary/aromatic N) is 1. The molecule has 0 aromatic heterocycles. The van der Waals surface area contributed by atoms with Crippen LogP contribution in [0.15, 0.2) is 24.3 Å². The van der Waals surface area contributed by atoms with E-state index < -0.39 is 11.7 Å². The summed E-state index contributed by atoms with van der Waals surface area (Å²) in [5, 5.41) is 2.66. The summed E-state index contributed by atoms with van der Waals surface area (Å²) in [6, 6.07) is 7.02. The lowest BCUT2D eigenvalue weighted by Crippen LogP contribution is -2.37. The van der Waals surface area contributed by atoms with Gasteiger partial charge in [-0.2, -0.15) is 0 Å². The van der Waals surface area contributed by atoms with Crippen molar-refractivity contribution < 1.29 is 9.59 Å². The number of carbonyl (C=O) groups excluding carboxylic acids is 2. The zero-order valence-electron chi connectivity index (χ0n) is 11.9. The van der Waals surface area contributed by atoms with Crippen molar-refractivity contribution in [3.63, 3.8) is 0 Å². The van der Waals surface area contributed by atoms with Gasteiger partial charge in [0.2, 0.25) is 5.78 Å². The molecule has 0 fully saturated rings. The molecule has 0 aliphatic heterocycles. The minimum atomic E-state index is -0.531. The molecule has 0 atom stereocenters. The van der Waals surface area contributed by atoms with Crippen LogP contribution in [-0.2, 0) is 4.79 Å². The number of likely N-dealkylation sites (N-methyl/N-ethyl adjacent to an activating group) is 1. The molecule has 1 amide bonds. The van der Waals surface area contributed by atoms with Gasteiger partial charge in [0, 0.05) is 18.7 Å². The Morgan fingerprint density at radius 1 is 1.11 bits per heavy atom. The number of ketones is 1. The first-order chi connectivity index (χ1) is 9.08. The molecule has 0 bridgehead atoms. The smallest absolute Gasteiger partial charge is 0.292 e. The highest BCUT2D eigenvalue weighted by atomic mass is 16.2. The summed E-state index contributed by atoms with van der Waals surface area (Å²) < 4.78 is 0. The van der Waals surface area contributed by atoms with E-state index in [1.54, 1.807) is 12.1 Å². The fraction of sp³-hybridized carbons (Fsp3) is 0.467. The second kappa shape index (κ2) is 7.69. The zero-order valence-corrected chi connectivity index (χ0v) is 11.9. The number of amides is 1. The van der Waals surface area contributed by atoms with Crippen molar-refractivity contribution in [3.8, 4) is 0 Å². The normalized spacial score (nSPS) is 10.5. The second-order valence-corrected chi connectivity index (χ2v) is 4.48. The highest BCUT2D eigenvalue weighted by Gasteiger charge is 2.15. The third-order valence-corrected chi connectivity index (χ3v) is 3.13. The van der Waals surface area contributed by atoms with E-state index in [0.717, 1.165) is 25.2 Å². The maximum atomic E-state index is 11.8. The fourth-order valence-electron chi connectivity index (χ4n) is 1.78. The van der Waals surface area contributed by atoms with Gasteiger partial charge in [-0.25, -0.2) is 0 Å². The van der Waals surface area contributed by atoms with Crippen molar-refractivity contribution in [3.05, 3.63) is 35.4 Å². The van der Waals surface area contributed by atoms with E-state index in [0.29, 0.717) is 12.1 Å². The molecule has 0 saturated heterocycles. The Hall–Kier alpha value is -1.68. The van der Waals surface area contributed by atoms with Crippen molar-refractivity contribution in [2.75, 3.05) is 26.2 Å². The third kappa shape index (κ3) is 4.83. The van der Waals surface area contributed by atoms with Crippen LogP contribution >= 0.6 is 0 Å². The largest absolute Gasteiger partial charge is 0.348 e. The maximum absolute atomic E-state index is 11.8. The quantitative estimate of drug-likeness (QED) is 0.600. The van der Waals surface area contributed by atoms with Crippen LogP contribution in [0.4, 0.5) is 0 Å². The van der Waals surface area contributed by atoms with Crippen LogP contribution in [0.25, 0.3) is 0 Å². The van der Waals surface area contributed by atoms with Crippen LogP contribution in [0.3, 0.4) is 0 Å². The van der Waals surface area contributed by atoms with Crippen molar-refractivity contribution in [1.82, 2.24) is 10.2 Å². The van der Waals surface area contributed by atoms with Gasteiger partial charge in [0.15, 0.2) is 0 Å². The average Bonchev–Trinajstić information content (AvgIpc) is 2.43. The summed E-state index contributed by atoms with van der Waals surface area (Å²) in [7, 11) is 0. The highest BCUT2D eigenvalue weighted by molar-refractivity contribution is 6.42. The van der Waals surface area contributed by atoms with Crippen molar-refractivity contribution in [2.24, 2.45) is 0 Å². The monoisotopic (exact) mass is 262 g/mol. The molecular weight excluding hydrogens is 240 g/mol. The van der Waals surface area contributed by atoms with Crippen LogP contribution in [0.2, 0.25) is 0 Å². The fourth-order valence-corrected chi connectivity index (χ4v) is 1.78. The summed E-state index contributed by atoms with van der Waals surface area (Å²) in [5.41, 5.74) is 1.50. The van der Waals surface area contributed by atoms with Gasteiger partial charge in [0.1, 0.15) is 0 Å². The standard InChI is InChI=1S/C15H22N2O2/c1-4-17(5-2)11-10-16-15(19)14(18)13-8-6-12(3)7-9-13/h6-9H,4-5,10-11H2,1-3H3,(H,16,19). The highest BCUT2D eigenvalue weighted by Crippen LogP contribution is 2.03. The van der Waals surface area contributed by atoms with Gasteiger partial charge in [-0.05, 0) is 20.0 Å². The van der Waals surface area contributed by atoms with Gasteiger partial charge in [-0.1, -0.05) is 43.7 Å². The van der Waals surface area contributed by atoms with Crippen molar-refractivity contribution in [2.45, 2.75) is 20.8 Å². The van der Waals surface area contributed by atoms with E-state index in [-0.39, 0.29) is 0 Å². The minimum absolute atomic E-state index is 0.436. The van der Waals surface area contributed by atoms with E-state index in [2.05, 4.69) is 24.1 Å². The number of nitrogens with one attached hydrogen (secondary N) is 1. The Bertz CT molecular complexity index is 422. The van der Waals surface area contributed by atoms with Crippen LogP contribution in [0, 0.1) is 6.92 Å². The number of hydrogen-bond donors (Lipinski definition) is 1. The van der Waals surface area contributed by atoms with Crippen LogP contribution < -0.4 is 5.32 Å². The predicted octanol–water partition coefficient (Wildman–Crippen LogP) is 1.64. The third-order valence-electron chi connectivity index (χ3n) is 3.13. The van der Waals surface area contributed by atoms with Gasteiger partial charge in [0.05, 0.1) is 0 Å². The average molecular weight is 262 g/mol. The Kier molecular flexibility index (Phi) is 6.22. The first-order valence-corrected chi connectivity index (χ1v) is 6.70. The molecule has 1 aromatic rings. The lowest BCUT2D eigenvalue weighted by molar-refractivity contribution is -0.117. The molecule has 0 saturated carbocycles. The molecule has 104 valence electrons. The van der Waals surface area contributed by atoms with E-state index in [9.17, 15) is 9.59 Å². The molecule has 4 heteroatoms. The molecular formula is C15H22N2O2. The molecule has 0 aliphatic rings. The summed E-state index contributed by atoms with van der Waals surface area (Å²) in [6.45, 7) is 9.23. The van der Waals surface area contributed by atoms with E-state index in [4.69, 9.17) is 0 Å². The van der Waals surface area contributed by atoms with E-state index >= 15 is 0 Å². The van der Waals surface area contributed by atoms with Crippen molar-refractivity contribution >= 4 is 11.7 Å². The van der Waals surface area contributed by atoms with Gasteiger partial charge >= 0.3 is 0 Å². The Balaban J connectivity index is 2.45. The van der Waals surface area contributed by atoms with Gasteiger partial charge in [-0.3, -0.25) is 9.59 Å². The van der Waals surface area contributed by atoms with Crippen LogP contribution in [0.1, 0.15) is 29.8 Å². The number of Topliss-reactive ketones (excluding diaryl/α,β-unsaturated/α-hetero) is 1. The lowest BCUT2D eigenvalue weighted by Gasteiger charge is -2.17. The lowest BCUT2D eigenvalue weighted by atomic mass is 10.1. The predicted molar refractivity (Wildman–Crippen MR) is 76.3 cm³/mol. The molecule has 1 aromatic carbocycles. The van der Waals surface area contributed by atoms with Gasteiger partial charge < -0.3 is 10.2 Å². The van der Waals surface area contributed by atoms with Crippen LogP contribution in [-0.4, -0.2) is 42.8 Å². The summed E-state index contributed by atoms with van der Waals surface area (Å²) in [6.07, 6.45) is 0. The molecule has 0 spiro atoms. The summed E-state index contributed by atoms with van der Waals surface area (Å²) in [5.74, 6) is -1.00. The minimum Gasteiger partial charge on any atom is -0.348 e. The number of rotatable bonds is 7.